The summed E-state index contributed by atoms with van der Waals surface area (Å²) in [6.45, 7) is 23.9. The zero-order valence-electron chi connectivity index (χ0n) is 51.7. The number of fused-ring (bicyclic) bond motifs is 8. The number of anilines is 2. The lowest BCUT2D eigenvalue weighted by Gasteiger charge is -2.48. The quantitative estimate of drug-likeness (QED) is 0.0596. The van der Waals surface area contributed by atoms with Gasteiger partial charge in [0.2, 0.25) is 5.91 Å². The van der Waals surface area contributed by atoms with Crippen molar-refractivity contribution in [2.24, 2.45) is 4.99 Å². The molecule has 5 aromatic rings. The Kier molecular flexibility index (Phi) is 20.0. The minimum Gasteiger partial charge on any atom is -0.493 e. The van der Waals surface area contributed by atoms with Crippen molar-refractivity contribution in [2.75, 3.05) is 70.1 Å². The molecule has 460 valence electrons. The van der Waals surface area contributed by atoms with E-state index in [1.54, 1.807) is 35.0 Å². The molecule has 87 heavy (non-hydrogen) atoms. The van der Waals surface area contributed by atoms with Gasteiger partial charge in [-0.05, 0) is 142 Å². The largest absolute Gasteiger partial charge is 0.493 e. The van der Waals surface area contributed by atoms with Crippen molar-refractivity contribution in [1.82, 2.24) is 39.7 Å². The van der Waals surface area contributed by atoms with E-state index < -0.39 is 16.9 Å². The number of pyridine rings is 1. The predicted molar refractivity (Wildman–Crippen MR) is 345 cm³/mol. The van der Waals surface area contributed by atoms with Crippen LogP contribution in [-0.2, 0) is 28.8 Å². The van der Waals surface area contributed by atoms with Crippen molar-refractivity contribution < 1.29 is 23.5 Å². The van der Waals surface area contributed by atoms with Gasteiger partial charge >= 0.3 is 6.03 Å². The monoisotopic (exact) mass is 1220 g/mol. The van der Waals surface area contributed by atoms with Crippen LogP contribution in [0.25, 0.3) is 11.1 Å². The molecule has 19 heteroatoms. The SMILES string of the molecule is C=C/C(=C\C=C(/C)Cl)[C@@]1(C)N(C(=O)N2CCN(CCCCCCCCC(=O)NCCn3nc(C#N)c4c3CN(C)C(=O)c3ccc(F)cc3[C@H]3CCCN3c3cc-4cnc3N)CC2)C(c2ccc(C(C)(C)C)cc2OCC)=N[C@@]1(C)c1ccc(Cl)cc1. The molecule has 0 radical (unpaired) electrons. The van der Waals surface area contributed by atoms with Crippen LogP contribution in [0.2, 0.25) is 5.02 Å². The minimum atomic E-state index is -1.10. The molecule has 2 fully saturated rings. The fourth-order valence-corrected chi connectivity index (χ4v) is 13.0. The molecule has 4 aliphatic rings. The number of aromatic nitrogens is 3. The number of allylic oxidation sites excluding steroid dienone is 3. The van der Waals surface area contributed by atoms with E-state index in [0.717, 1.165) is 86.8 Å². The molecule has 16 nitrogen and oxygen atoms in total. The summed E-state index contributed by atoms with van der Waals surface area (Å²) in [5.74, 6) is 0.686. The number of carbonyl (C=O) groups excluding carboxylic acids is 3. The van der Waals surface area contributed by atoms with Gasteiger partial charge in [0.25, 0.3) is 5.91 Å². The lowest BCUT2D eigenvalue weighted by molar-refractivity contribution is -0.121. The van der Waals surface area contributed by atoms with E-state index in [0.29, 0.717) is 100 Å². The highest BCUT2D eigenvalue weighted by atomic mass is 35.5. The number of ether oxygens (including phenoxy) is 1. The number of nitrogen functional groups attached to an aromatic ring is 1. The normalized spacial score (nSPS) is 20.0. The summed E-state index contributed by atoms with van der Waals surface area (Å²) in [5.41, 5.74) is 11.3. The molecule has 0 unspecified atom stereocenters. The van der Waals surface area contributed by atoms with Gasteiger partial charge in [0.1, 0.15) is 40.4 Å². The van der Waals surface area contributed by atoms with Crippen molar-refractivity contribution in [2.45, 2.75) is 142 Å². The molecular weight excluding hydrogens is 1140 g/mol. The summed E-state index contributed by atoms with van der Waals surface area (Å²) in [5, 5.41) is 19.3. The Labute approximate surface area is 522 Å². The van der Waals surface area contributed by atoms with Gasteiger partial charge in [0, 0.05) is 85.7 Å². The maximum absolute atomic E-state index is 15.6. The van der Waals surface area contributed by atoms with Gasteiger partial charge in [-0.1, -0.05) is 107 Å². The Balaban J connectivity index is 0.787. The second kappa shape index (κ2) is 27.3. The number of hydrogen-bond acceptors (Lipinski definition) is 11. The Morgan fingerprint density at radius 1 is 0.954 bits per heavy atom. The zero-order chi connectivity index (χ0) is 62.4. The first-order valence-corrected chi connectivity index (χ1v) is 31.3. The molecule has 2 bridgehead atoms. The van der Waals surface area contributed by atoms with Crippen molar-refractivity contribution in [1.29, 1.82) is 5.26 Å². The average Bonchev–Trinajstić information content (AvgIpc) is 1.57. The maximum atomic E-state index is 15.6. The molecule has 3 N–H and O–H groups in total. The number of nitrogens with zero attached hydrogens (tertiary/aromatic N) is 10. The Hall–Kier alpha value is -7.52. The van der Waals surface area contributed by atoms with Gasteiger partial charge in [0.05, 0.1) is 42.7 Å². The maximum Gasteiger partial charge on any atom is 0.326 e. The summed E-state index contributed by atoms with van der Waals surface area (Å²) < 4.78 is 22.9. The Bertz CT molecular complexity index is 3520. The first-order chi connectivity index (χ1) is 41.6. The van der Waals surface area contributed by atoms with Crippen molar-refractivity contribution in [3.05, 3.63) is 158 Å². The number of nitriles is 1. The van der Waals surface area contributed by atoms with Crippen LogP contribution in [0.3, 0.4) is 0 Å². The molecule has 9 rings (SSSR count). The number of benzene rings is 3. The van der Waals surface area contributed by atoms with Gasteiger partial charge in [0.15, 0.2) is 5.69 Å². The molecule has 3 atom stereocenters. The highest BCUT2D eigenvalue weighted by molar-refractivity contribution is 6.30. The number of rotatable bonds is 19. The number of carbonyl (C=O) groups is 3. The van der Waals surface area contributed by atoms with E-state index in [1.807, 2.05) is 72.2 Å². The molecule has 2 aromatic heterocycles. The summed E-state index contributed by atoms with van der Waals surface area (Å²) >= 11 is 13.0. The van der Waals surface area contributed by atoms with E-state index in [4.69, 9.17) is 38.7 Å². The summed E-state index contributed by atoms with van der Waals surface area (Å²) in [6.07, 6.45) is 14.9. The van der Waals surface area contributed by atoms with Gasteiger partial charge in [-0.2, -0.15) is 10.4 Å². The highest BCUT2D eigenvalue weighted by Crippen LogP contribution is 2.53. The number of urea groups is 1. The molecule has 3 aromatic carbocycles. The first kappa shape index (κ1) is 64.0. The van der Waals surface area contributed by atoms with Crippen molar-refractivity contribution in [3.8, 4) is 22.9 Å². The third kappa shape index (κ3) is 13.5. The van der Waals surface area contributed by atoms with Crippen LogP contribution in [0.15, 0.2) is 113 Å². The number of piperazine rings is 1. The van der Waals surface area contributed by atoms with E-state index in [1.165, 1.54) is 12.1 Å². The summed E-state index contributed by atoms with van der Waals surface area (Å²) in [6, 6.07) is 21.9. The molecule has 6 heterocycles. The van der Waals surface area contributed by atoms with Gasteiger partial charge in [-0.15, -0.1) is 0 Å². The predicted octanol–water partition coefficient (Wildman–Crippen LogP) is 13.1. The highest BCUT2D eigenvalue weighted by Gasteiger charge is 2.60. The Morgan fingerprint density at radius 2 is 1.67 bits per heavy atom. The van der Waals surface area contributed by atoms with Crippen LogP contribution in [0.4, 0.5) is 20.7 Å². The number of aliphatic imine (C=N–C) groups is 1. The standard InChI is InChI=1S/C68H83Cl2FN12O4/c1-10-47(22-21-45(3)69)68(8)67(7,48-23-26-50(70)27-24-48)76-63(53-29-25-49(66(4,5)6)40-59(53)87-11-2)83(68)65(86)80-37-35-79(36-38-80)32-17-15-13-12-14-16-20-60(84)74-31-34-82-58-44-78(9)64(85)52-30-28-51(71)41-54(52)56-19-18-33-81(56)57-39-46(43-75-62(57)73)61(58)55(42-72)77-82/h10,21-30,39-41,43,56H,1,11-20,31-38,44H2,2-9H3,(H2,73,75)(H,74,84)/b45-21+,47-22+/t56-,67+,68-/m1/s1. The minimum absolute atomic E-state index is 0.0671. The molecule has 2 saturated heterocycles. The van der Waals surface area contributed by atoms with Crippen molar-refractivity contribution in [3.63, 3.8) is 0 Å². The second-order valence-electron chi connectivity index (χ2n) is 24.6. The van der Waals surface area contributed by atoms with E-state index >= 15 is 4.79 Å². The third-order valence-electron chi connectivity index (χ3n) is 17.9. The molecule has 4 amide bonds. The van der Waals surface area contributed by atoms with Crippen LogP contribution in [0.1, 0.15) is 156 Å². The average molecular weight is 1220 g/mol. The molecule has 4 aliphatic heterocycles. The number of nitrogens with one attached hydrogen (secondary N) is 1. The second-order valence-corrected chi connectivity index (χ2v) is 25.6. The summed E-state index contributed by atoms with van der Waals surface area (Å²) in [4.78, 5) is 63.1. The number of halogens is 3. The lowest BCUT2D eigenvalue weighted by atomic mass is 9.70. The van der Waals surface area contributed by atoms with Gasteiger partial charge in [-0.3, -0.25) is 29.1 Å². The number of unbranched alkanes of at least 4 members (excludes halogenated alkanes) is 5. The fourth-order valence-electron chi connectivity index (χ4n) is 12.8. The van der Waals surface area contributed by atoms with E-state index in [2.05, 4.69) is 84.6 Å². The first-order valence-electron chi connectivity index (χ1n) is 30.6. The molecule has 0 aliphatic carbocycles. The van der Waals surface area contributed by atoms with Crippen LogP contribution in [0, 0.1) is 17.1 Å². The molecule has 0 saturated carbocycles. The van der Waals surface area contributed by atoms with Crippen LogP contribution < -0.4 is 20.7 Å². The number of amidine groups is 1. The smallest absolute Gasteiger partial charge is 0.326 e. The Morgan fingerprint density at radius 3 is 2.36 bits per heavy atom. The van der Waals surface area contributed by atoms with Crippen LogP contribution in [-0.4, -0.2) is 123 Å². The summed E-state index contributed by atoms with van der Waals surface area (Å²) in [7, 11) is 1.69. The fraction of sp³-hybridized carbons (Fsp3) is 0.456. The molecule has 0 spiro atoms. The van der Waals surface area contributed by atoms with Crippen LogP contribution >= 0.6 is 23.2 Å². The lowest BCUT2D eigenvalue weighted by Crippen LogP contribution is -2.63. The zero-order valence-corrected chi connectivity index (χ0v) is 53.2. The van der Waals surface area contributed by atoms with E-state index in [9.17, 15) is 19.2 Å². The third-order valence-corrected chi connectivity index (χ3v) is 18.2. The van der Waals surface area contributed by atoms with Crippen molar-refractivity contribution >= 4 is 58.4 Å². The van der Waals surface area contributed by atoms with E-state index in [-0.39, 0.29) is 54.6 Å². The number of nitrogens with two attached hydrogens (primary N) is 1. The van der Waals surface area contributed by atoms with Crippen LogP contribution in [0.5, 0.6) is 5.75 Å². The molecular formula is C68H83Cl2FN12O4. The number of hydrogen-bond donors (Lipinski definition) is 2. The topological polar surface area (TPSA) is 182 Å². The van der Waals surface area contributed by atoms with Gasteiger partial charge < -0.3 is 30.5 Å². The number of amides is 4. The van der Waals surface area contributed by atoms with Gasteiger partial charge in [-0.25, -0.2) is 14.2 Å².